The second-order valence-corrected chi connectivity index (χ2v) is 17.9. The standard InChI is InChI=1S/C45H50ClFN8O8/c1-24(2)55-35-6-3-27(17-26(35)18-37(44(55)61)62-23-39(57)58)49-41-34(46)21-48-45(51-41)53-15-11-29(12-16-53)63-30-19-28(20-30)52-13-9-25(10-14-52)31-4-5-32-33(40(31)47)22-54(43(32)60)36-7-8-38(56)50-42(36)59/h3-6,17-18,21,24-25,28-30,36H,7-16,19-20,22-23H2,1-2H3,(H,57,58)(H,48,49,51)(H,50,56,59)/t28?,30?,36-/m1/s1. The first kappa shape index (κ1) is 42.6. The Hall–Kier alpha value is -5.65. The van der Waals surface area contributed by atoms with Crippen LogP contribution in [0.3, 0.4) is 0 Å². The molecular formula is C45H50ClFN8O8. The average molecular weight is 885 g/mol. The number of fused-ring (bicyclic) bond motifs is 2. The minimum atomic E-state index is -1.18. The average Bonchev–Trinajstić information content (AvgIpc) is 3.58. The van der Waals surface area contributed by atoms with Crippen LogP contribution in [0.15, 0.2) is 47.4 Å². The molecule has 2 aromatic heterocycles. The van der Waals surface area contributed by atoms with E-state index in [1.54, 1.807) is 29.0 Å². The van der Waals surface area contributed by atoms with Gasteiger partial charge in [-0.2, -0.15) is 4.98 Å². The van der Waals surface area contributed by atoms with Gasteiger partial charge in [0.15, 0.2) is 18.2 Å². The molecule has 4 aliphatic heterocycles. The molecule has 63 heavy (non-hydrogen) atoms. The van der Waals surface area contributed by atoms with Gasteiger partial charge < -0.3 is 39.2 Å². The number of carbonyl (C=O) groups excluding carboxylic acids is 3. The number of aromatic nitrogens is 3. The lowest BCUT2D eigenvalue weighted by Gasteiger charge is -2.47. The number of hydrogen-bond acceptors (Lipinski definition) is 12. The van der Waals surface area contributed by atoms with Crippen LogP contribution in [0.5, 0.6) is 5.75 Å². The van der Waals surface area contributed by atoms with Crippen LogP contribution >= 0.6 is 11.6 Å². The van der Waals surface area contributed by atoms with Gasteiger partial charge in [-0.15, -0.1) is 0 Å². The number of rotatable bonds is 12. The quantitative estimate of drug-likeness (QED) is 0.151. The van der Waals surface area contributed by atoms with Crippen molar-refractivity contribution in [3.63, 3.8) is 0 Å². The van der Waals surface area contributed by atoms with Gasteiger partial charge in [0.05, 0.1) is 30.5 Å². The van der Waals surface area contributed by atoms with Gasteiger partial charge >= 0.3 is 5.97 Å². The van der Waals surface area contributed by atoms with E-state index in [0.717, 1.165) is 64.7 Å². The second kappa shape index (κ2) is 17.5. The minimum absolute atomic E-state index is 0.0343. The van der Waals surface area contributed by atoms with Crippen molar-refractivity contribution in [3.8, 4) is 5.75 Å². The van der Waals surface area contributed by atoms with Gasteiger partial charge in [-0.1, -0.05) is 17.7 Å². The highest BCUT2D eigenvalue weighted by Crippen LogP contribution is 2.39. The van der Waals surface area contributed by atoms with Crippen LogP contribution in [0.4, 0.5) is 21.8 Å². The molecule has 0 radical (unpaired) electrons. The number of imide groups is 1. The second-order valence-electron chi connectivity index (χ2n) is 17.5. The normalized spacial score (nSPS) is 22.4. The maximum absolute atomic E-state index is 16.0. The van der Waals surface area contributed by atoms with Gasteiger partial charge in [-0.3, -0.25) is 24.5 Å². The third kappa shape index (κ3) is 8.57. The fourth-order valence-electron chi connectivity index (χ4n) is 9.81. The van der Waals surface area contributed by atoms with Crippen molar-refractivity contribution in [3.05, 3.63) is 80.5 Å². The molecule has 1 aliphatic carbocycles. The molecule has 1 atom stereocenters. The van der Waals surface area contributed by atoms with E-state index >= 15 is 4.39 Å². The molecule has 3 amide bonds. The molecule has 3 saturated heterocycles. The highest BCUT2D eigenvalue weighted by Gasteiger charge is 2.42. The van der Waals surface area contributed by atoms with E-state index in [4.69, 9.17) is 31.2 Å². The largest absolute Gasteiger partial charge is 0.479 e. The Balaban J connectivity index is 0.746. The summed E-state index contributed by atoms with van der Waals surface area (Å²) in [5, 5.41) is 15.7. The molecule has 0 bridgehead atoms. The minimum Gasteiger partial charge on any atom is -0.479 e. The van der Waals surface area contributed by atoms with Crippen LogP contribution in [0.25, 0.3) is 10.9 Å². The number of carbonyl (C=O) groups is 4. The van der Waals surface area contributed by atoms with Gasteiger partial charge in [0.2, 0.25) is 17.8 Å². The van der Waals surface area contributed by atoms with Gasteiger partial charge in [0.1, 0.15) is 16.9 Å². The van der Waals surface area contributed by atoms with E-state index in [9.17, 15) is 24.0 Å². The summed E-state index contributed by atoms with van der Waals surface area (Å²) in [4.78, 5) is 76.8. The first-order valence-corrected chi connectivity index (χ1v) is 22.1. The van der Waals surface area contributed by atoms with Gasteiger partial charge in [-0.25, -0.2) is 14.2 Å². The van der Waals surface area contributed by atoms with Gasteiger partial charge in [0, 0.05) is 53.8 Å². The van der Waals surface area contributed by atoms with Crippen LogP contribution in [0.1, 0.15) is 98.7 Å². The summed E-state index contributed by atoms with van der Waals surface area (Å²) in [7, 11) is 0. The Labute approximate surface area is 367 Å². The predicted octanol–water partition coefficient (Wildman–Crippen LogP) is 5.53. The van der Waals surface area contributed by atoms with E-state index in [1.807, 2.05) is 32.0 Å². The third-order valence-electron chi connectivity index (χ3n) is 13.2. The summed E-state index contributed by atoms with van der Waals surface area (Å²) >= 11 is 6.56. The first-order chi connectivity index (χ1) is 30.3. The lowest BCUT2D eigenvalue weighted by Crippen LogP contribution is -2.52. The Morgan fingerprint density at radius 2 is 1.76 bits per heavy atom. The fraction of sp³-hybridized carbons (Fsp3) is 0.489. The number of anilines is 3. The summed E-state index contributed by atoms with van der Waals surface area (Å²) in [6.45, 7) is 6.32. The fourth-order valence-corrected chi connectivity index (χ4v) is 9.95. The van der Waals surface area contributed by atoms with Gasteiger partial charge in [0.25, 0.3) is 11.5 Å². The van der Waals surface area contributed by atoms with E-state index in [0.29, 0.717) is 56.1 Å². The summed E-state index contributed by atoms with van der Waals surface area (Å²) in [6, 6.07) is 9.94. The summed E-state index contributed by atoms with van der Waals surface area (Å²) in [6.07, 6.45) is 7.54. The zero-order valence-corrected chi connectivity index (χ0v) is 35.9. The van der Waals surface area contributed by atoms with Gasteiger partial charge in [-0.05, 0) is 114 Å². The molecule has 4 aromatic rings. The highest BCUT2D eigenvalue weighted by molar-refractivity contribution is 6.33. The van der Waals surface area contributed by atoms with Crippen molar-refractivity contribution in [1.29, 1.82) is 0 Å². The first-order valence-electron chi connectivity index (χ1n) is 21.7. The number of amides is 3. The number of aliphatic carboxylic acids is 1. The van der Waals surface area contributed by atoms with Crippen molar-refractivity contribution in [1.82, 2.24) is 29.7 Å². The van der Waals surface area contributed by atoms with Crippen LogP contribution in [-0.4, -0.2) is 110 Å². The van der Waals surface area contributed by atoms with Crippen molar-refractivity contribution in [2.24, 2.45) is 0 Å². The lowest BCUT2D eigenvalue weighted by molar-refractivity contribution is -0.139. The Kier molecular flexibility index (Phi) is 11.8. The van der Waals surface area contributed by atoms with Crippen molar-refractivity contribution in [2.45, 2.75) is 108 Å². The van der Waals surface area contributed by atoms with Crippen LogP contribution < -0.4 is 25.8 Å². The molecule has 1 saturated carbocycles. The molecule has 0 unspecified atom stereocenters. The zero-order chi connectivity index (χ0) is 44.1. The number of benzene rings is 2. The number of nitrogens with zero attached hydrogens (tertiary/aromatic N) is 6. The number of likely N-dealkylation sites (tertiary alicyclic amines) is 1. The molecule has 16 nitrogen and oxygen atoms in total. The lowest BCUT2D eigenvalue weighted by atomic mass is 9.83. The monoisotopic (exact) mass is 884 g/mol. The maximum Gasteiger partial charge on any atom is 0.341 e. The molecule has 4 fully saturated rings. The van der Waals surface area contributed by atoms with Crippen LogP contribution in [0, 0.1) is 5.82 Å². The van der Waals surface area contributed by atoms with Crippen LogP contribution in [-0.2, 0) is 25.7 Å². The van der Waals surface area contributed by atoms with E-state index in [-0.39, 0.29) is 66.9 Å². The van der Waals surface area contributed by atoms with E-state index < -0.39 is 30.1 Å². The number of ether oxygens (including phenoxy) is 2. The number of pyridine rings is 1. The Bertz CT molecular complexity index is 2530. The van der Waals surface area contributed by atoms with Crippen LogP contribution in [0.2, 0.25) is 5.02 Å². The molecule has 3 N–H and O–H groups in total. The Morgan fingerprint density at radius 3 is 2.48 bits per heavy atom. The highest BCUT2D eigenvalue weighted by atomic mass is 35.5. The maximum atomic E-state index is 16.0. The molecular weight excluding hydrogens is 835 g/mol. The molecule has 9 rings (SSSR count). The summed E-state index contributed by atoms with van der Waals surface area (Å²) in [5.74, 6) is -1.76. The molecule has 6 heterocycles. The SMILES string of the molecule is CC(C)n1c(=O)c(OCC(=O)O)cc2cc(Nc3nc(N4CCC(OC5CC(N6CCC(c7ccc8c(c7F)CN([C@@H]7CCC(=O)NC7=O)C8=O)CC6)C5)CC4)ncc3Cl)ccc21. The van der Waals surface area contributed by atoms with E-state index in [2.05, 4.69) is 25.4 Å². The molecule has 2 aromatic carbocycles. The third-order valence-corrected chi connectivity index (χ3v) is 13.5. The molecule has 18 heteroatoms. The number of piperidine rings is 3. The number of nitrogens with one attached hydrogen (secondary N) is 2. The summed E-state index contributed by atoms with van der Waals surface area (Å²) < 4.78 is 29.5. The number of hydrogen-bond donors (Lipinski definition) is 3. The number of halogens is 2. The molecule has 0 spiro atoms. The molecule has 332 valence electrons. The topological polar surface area (TPSA) is 189 Å². The smallest absolute Gasteiger partial charge is 0.341 e. The van der Waals surface area contributed by atoms with Crippen molar-refractivity contribution >= 4 is 63.6 Å². The van der Waals surface area contributed by atoms with E-state index in [1.165, 1.54) is 4.90 Å². The van der Waals surface area contributed by atoms with Crippen molar-refractivity contribution < 1.29 is 38.1 Å². The summed E-state index contributed by atoms with van der Waals surface area (Å²) in [5.41, 5.74) is 2.22. The zero-order valence-electron chi connectivity index (χ0n) is 35.1. The Morgan fingerprint density at radius 1 is 1.00 bits per heavy atom. The number of carboxylic acids is 1. The number of carboxylic acid groups (broad SMARTS) is 1. The predicted molar refractivity (Wildman–Crippen MR) is 231 cm³/mol. The molecule has 5 aliphatic rings. The van der Waals surface area contributed by atoms with Crippen molar-refractivity contribution in [2.75, 3.05) is 43.0 Å².